The maximum Gasteiger partial charge on any atom is 0.242 e. The lowest BCUT2D eigenvalue weighted by molar-refractivity contribution is 0.520. The molecule has 0 aliphatic heterocycles. The smallest absolute Gasteiger partial charge is 0.242 e. The van der Waals surface area contributed by atoms with Crippen molar-refractivity contribution in [2.24, 2.45) is 0 Å². The van der Waals surface area contributed by atoms with E-state index in [4.69, 9.17) is 5.26 Å². The van der Waals surface area contributed by atoms with Crippen molar-refractivity contribution in [3.05, 3.63) is 59.7 Å². The first kappa shape index (κ1) is 16.0. The summed E-state index contributed by atoms with van der Waals surface area (Å²) in [6, 6.07) is 16.1. The highest BCUT2D eigenvalue weighted by Gasteiger charge is 2.20. The summed E-state index contributed by atoms with van der Waals surface area (Å²) in [6.07, 6.45) is 0. The Balaban J connectivity index is 2.31. The molecule has 0 aliphatic rings. The molecule has 0 unspecified atom stereocenters. The molecule has 0 saturated carbocycles. The molecule has 0 radical (unpaired) electrons. The van der Waals surface area contributed by atoms with Crippen molar-refractivity contribution in [2.45, 2.75) is 11.4 Å². The quantitative estimate of drug-likeness (QED) is 0.919. The third-order valence-electron chi connectivity index (χ3n) is 3.25. The molecular weight excluding hydrogens is 298 g/mol. The number of hydrogen-bond donors (Lipinski definition) is 1. The summed E-state index contributed by atoms with van der Waals surface area (Å²) in [5, 5.41) is 12.2. The van der Waals surface area contributed by atoms with Crippen molar-refractivity contribution in [1.82, 2.24) is 4.31 Å². The maximum atomic E-state index is 12.3. The standard InChI is InChI=1S/C16H17N3O2S/c1-19(2)22(20,21)16-10-6-4-8-14(16)12-18-15-9-5-3-7-13(15)11-17/h3-10,18H,12H2,1-2H3. The molecule has 0 fully saturated rings. The number of nitriles is 1. The summed E-state index contributed by atoms with van der Waals surface area (Å²) in [6.45, 7) is 0.321. The molecule has 0 aliphatic carbocycles. The largest absolute Gasteiger partial charge is 0.380 e. The van der Waals surface area contributed by atoms with Crippen LogP contribution in [0.15, 0.2) is 53.4 Å². The van der Waals surface area contributed by atoms with Gasteiger partial charge in [0, 0.05) is 20.6 Å². The molecule has 6 heteroatoms. The van der Waals surface area contributed by atoms with E-state index in [1.807, 2.05) is 6.07 Å². The molecule has 0 amide bonds. The summed E-state index contributed by atoms with van der Waals surface area (Å²) < 4.78 is 25.9. The average molecular weight is 315 g/mol. The lowest BCUT2D eigenvalue weighted by atomic mass is 10.1. The van der Waals surface area contributed by atoms with Gasteiger partial charge in [-0.15, -0.1) is 0 Å². The van der Waals surface area contributed by atoms with Crippen LogP contribution in [0, 0.1) is 11.3 Å². The highest BCUT2D eigenvalue weighted by atomic mass is 32.2. The van der Waals surface area contributed by atoms with Gasteiger partial charge in [0.25, 0.3) is 0 Å². The third kappa shape index (κ3) is 3.27. The van der Waals surface area contributed by atoms with Gasteiger partial charge in [0.05, 0.1) is 16.1 Å². The van der Waals surface area contributed by atoms with E-state index in [-0.39, 0.29) is 4.90 Å². The van der Waals surface area contributed by atoms with E-state index in [0.717, 1.165) is 0 Å². The molecule has 2 rings (SSSR count). The topological polar surface area (TPSA) is 73.2 Å². The van der Waals surface area contributed by atoms with Gasteiger partial charge in [-0.3, -0.25) is 0 Å². The number of nitrogens with one attached hydrogen (secondary N) is 1. The molecule has 1 N–H and O–H groups in total. The molecule has 2 aromatic rings. The number of nitrogens with zero attached hydrogens (tertiary/aromatic N) is 2. The van der Waals surface area contributed by atoms with Gasteiger partial charge in [0.2, 0.25) is 10.0 Å². The molecule has 114 valence electrons. The van der Waals surface area contributed by atoms with Crippen LogP contribution >= 0.6 is 0 Å². The first-order chi connectivity index (χ1) is 10.5. The fourth-order valence-electron chi connectivity index (χ4n) is 2.02. The zero-order valence-electron chi connectivity index (χ0n) is 12.4. The molecule has 0 saturated heterocycles. The van der Waals surface area contributed by atoms with Crippen LogP contribution in [0.5, 0.6) is 0 Å². The molecular formula is C16H17N3O2S. The van der Waals surface area contributed by atoms with E-state index in [0.29, 0.717) is 23.4 Å². The van der Waals surface area contributed by atoms with Crippen molar-refractivity contribution < 1.29 is 8.42 Å². The van der Waals surface area contributed by atoms with Crippen LogP contribution in [-0.2, 0) is 16.6 Å². The Morgan fingerprint density at radius 1 is 1.09 bits per heavy atom. The van der Waals surface area contributed by atoms with Gasteiger partial charge < -0.3 is 5.32 Å². The molecule has 0 heterocycles. The van der Waals surface area contributed by atoms with Gasteiger partial charge in [0.15, 0.2) is 0 Å². The van der Waals surface area contributed by atoms with Crippen molar-refractivity contribution in [2.75, 3.05) is 19.4 Å². The van der Waals surface area contributed by atoms with Crippen LogP contribution in [0.2, 0.25) is 0 Å². The summed E-state index contributed by atoms with van der Waals surface area (Å²) in [5.74, 6) is 0. The molecule has 22 heavy (non-hydrogen) atoms. The van der Waals surface area contributed by atoms with E-state index < -0.39 is 10.0 Å². The van der Waals surface area contributed by atoms with Gasteiger partial charge in [-0.05, 0) is 23.8 Å². The Morgan fingerprint density at radius 2 is 1.73 bits per heavy atom. The predicted molar refractivity (Wildman–Crippen MR) is 85.8 cm³/mol. The average Bonchev–Trinajstić information content (AvgIpc) is 2.53. The predicted octanol–water partition coefficient (Wildman–Crippen LogP) is 2.42. The van der Waals surface area contributed by atoms with Crippen LogP contribution in [0.1, 0.15) is 11.1 Å². The van der Waals surface area contributed by atoms with Gasteiger partial charge in [-0.25, -0.2) is 12.7 Å². The third-order valence-corrected chi connectivity index (χ3v) is 5.16. The minimum absolute atomic E-state index is 0.266. The lowest BCUT2D eigenvalue weighted by Crippen LogP contribution is -2.23. The Bertz CT molecular complexity index is 808. The number of benzene rings is 2. The number of sulfonamides is 1. The SMILES string of the molecule is CN(C)S(=O)(=O)c1ccccc1CNc1ccccc1C#N. The van der Waals surface area contributed by atoms with Crippen LogP contribution in [0.3, 0.4) is 0 Å². The Labute approximate surface area is 130 Å². The van der Waals surface area contributed by atoms with Gasteiger partial charge >= 0.3 is 0 Å². The monoisotopic (exact) mass is 315 g/mol. The van der Waals surface area contributed by atoms with E-state index in [1.54, 1.807) is 42.5 Å². The fourth-order valence-corrected chi connectivity index (χ4v) is 3.14. The van der Waals surface area contributed by atoms with Crippen molar-refractivity contribution in [3.8, 4) is 6.07 Å². The van der Waals surface area contributed by atoms with Gasteiger partial charge in [0.1, 0.15) is 6.07 Å². The zero-order valence-corrected chi connectivity index (χ0v) is 13.3. The Hall–Kier alpha value is -2.36. The van der Waals surface area contributed by atoms with Crippen LogP contribution < -0.4 is 5.32 Å². The van der Waals surface area contributed by atoms with Crippen molar-refractivity contribution >= 4 is 15.7 Å². The van der Waals surface area contributed by atoms with E-state index in [1.165, 1.54) is 18.4 Å². The molecule has 2 aromatic carbocycles. The molecule has 5 nitrogen and oxygen atoms in total. The molecule has 0 spiro atoms. The number of hydrogen-bond acceptors (Lipinski definition) is 4. The fraction of sp³-hybridized carbons (Fsp3) is 0.188. The molecule has 0 bridgehead atoms. The first-order valence-electron chi connectivity index (χ1n) is 6.70. The second-order valence-corrected chi connectivity index (χ2v) is 7.03. The Morgan fingerprint density at radius 3 is 2.41 bits per heavy atom. The normalized spacial score (nSPS) is 11.2. The molecule has 0 atom stereocenters. The van der Waals surface area contributed by atoms with Crippen LogP contribution in [-0.4, -0.2) is 26.8 Å². The minimum atomic E-state index is -3.50. The first-order valence-corrected chi connectivity index (χ1v) is 8.14. The summed E-state index contributed by atoms with van der Waals surface area (Å²) in [4.78, 5) is 0.266. The summed E-state index contributed by atoms with van der Waals surface area (Å²) in [7, 11) is -0.490. The number of para-hydroxylation sites is 1. The maximum absolute atomic E-state index is 12.3. The van der Waals surface area contributed by atoms with E-state index in [2.05, 4.69) is 11.4 Å². The highest BCUT2D eigenvalue weighted by Crippen LogP contribution is 2.21. The number of anilines is 1. The van der Waals surface area contributed by atoms with Crippen LogP contribution in [0.25, 0.3) is 0 Å². The van der Waals surface area contributed by atoms with Gasteiger partial charge in [-0.1, -0.05) is 30.3 Å². The van der Waals surface area contributed by atoms with Crippen LogP contribution in [0.4, 0.5) is 5.69 Å². The lowest BCUT2D eigenvalue weighted by Gasteiger charge is -2.16. The zero-order chi connectivity index (χ0) is 16.2. The molecule has 0 aromatic heterocycles. The number of rotatable bonds is 5. The Kier molecular flexibility index (Phi) is 4.81. The second kappa shape index (κ2) is 6.60. The minimum Gasteiger partial charge on any atom is -0.380 e. The summed E-state index contributed by atoms with van der Waals surface area (Å²) >= 11 is 0. The van der Waals surface area contributed by atoms with E-state index >= 15 is 0 Å². The highest BCUT2D eigenvalue weighted by molar-refractivity contribution is 7.89. The van der Waals surface area contributed by atoms with Crippen molar-refractivity contribution in [3.63, 3.8) is 0 Å². The van der Waals surface area contributed by atoms with Gasteiger partial charge in [-0.2, -0.15) is 5.26 Å². The summed E-state index contributed by atoms with van der Waals surface area (Å²) in [5.41, 5.74) is 1.86. The van der Waals surface area contributed by atoms with E-state index in [9.17, 15) is 8.42 Å². The van der Waals surface area contributed by atoms with Crippen molar-refractivity contribution in [1.29, 1.82) is 5.26 Å². The second-order valence-electron chi connectivity index (χ2n) is 4.91.